The standard InChI is InChI=1S/C17H19NO4.C16H19NO2.C2H6.2CH4/c1-3-12-22-16(21)17(2)14(19)10-7-11-18(17)15(20)13-8-5-4-6-9-13;1-3-11-16(2)14(18)10-7-12-17(16)15(19)13-8-5-4-6-9-13;1-2;;/h3-6,8-9H,1,7,10-12H2,2H3;3-6,8-9H,1,7,10-12H2,2H3;1-2H3;2*1H4/t;16-;;;/m.0.../s1. The first kappa shape index (κ1) is 40.7. The maximum Gasteiger partial charge on any atom is 0.339 e. The van der Waals surface area contributed by atoms with Crippen LogP contribution in [0.1, 0.15) is 95.4 Å². The van der Waals surface area contributed by atoms with Crippen LogP contribution in [-0.4, -0.2) is 69.9 Å². The van der Waals surface area contributed by atoms with Crippen molar-refractivity contribution in [2.45, 2.75) is 85.7 Å². The smallest absolute Gasteiger partial charge is 0.339 e. The van der Waals surface area contributed by atoms with E-state index in [-0.39, 0.29) is 51.3 Å². The molecule has 2 amide bonds. The molecule has 45 heavy (non-hydrogen) atoms. The molecule has 0 aromatic heterocycles. The second-order valence-electron chi connectivity index (χ2n) is 10.4. The van der Waals surface area contributed by atoms with Crippen molar-refractivity contribution in [1.29, 1.82) is 0 Å². The summed E-state index contributed by atoms with van der Waals surface area (Å²) in [5, 5.41) is 0. The van der Waals surface area contributed by atoms with Crippen molar-refractivity contribution in [3.8, 4) is 0 Å². The van der Waals surface area contributed by atoms with Gasteiger partial charge in [-0.3, -0.25) is 19.2 Å². The number of nitrogens with zero attached hydrogens (tertiary/aromatic N) is 2. The Morgan fingerprint density at radius 1 is 0.756 bits per heavy atom. The Bertz CT molecular complexity index is 1290. The summed E-state index contributed by atoms with van der Waals surface area (Å²) in [6, 6.07) is 17.7. The van der Waals surface area contributed by atoms with Crippen molar-refractivity contribution in [2.75, 3.05) is 19.7 Å². The third-order valence-electron chi connectivity index (χ3n) is 7.65. The molecule has 2 aromatic carbocycles. The van der Waals surface area contributed by atoms with E-state index in [1.165, 1.54) is 17.9 Å². The van der Waals surface area contributed by atoms with Crippen LogP contribution in [-0.2, 0) is 19.1 Å². The largest absolute Gasteiger partial charge is 0.459 e. The van der Waals surface area contributed by atoms with Gasteiger partial charge in [-0.1, -0.05) is 83.8 Å². The van der Waals surface area contributed by atoms with Gasteiger partial charge in [0.25, 0.3) is 11.8 Å². The van der Waals surface area contributed by atoms with Crippen LogP contribution in [0.4, 0.5) is 0 Å². The molecule has 2 fully saturated rings. The number of carbonyl (C=O) groups excluding carboxylic acids is 5. The minimum Gasteiger partial charge on any atom is -0.459 e. The van der Waals surface area contributed by atoms with Gasteiger partial charge in [-0.15, -0.1) is 6.58 Å². The first-order valence-corrected chi connectivity index (χ1v) is 14.8. The molecule has 2 aliphatic rings. The van der Waals surface area contributed by atoms with Gasteiger partial charge in [-0.2, -0.15) is 0 Å². The van der Waals surface area contributed by atoms with Crippen LogP contribution in [0.5, 0.6) is 0 Å². The van der Waals surface area contributed by atoms with Crippen LogP contribution in [0.3, 0.4) is 0 Å². The molecule has 0 N–H and O–H groups in total. The lowest BCUT2D eigenvalue weighted by molar-refractivity contribution is -0.161. The van der Waals surface area contributed by atoms with Gasteiger partial charge in [0.2, 0.25) is 0 Å². The van der Waals surface area contributed by atoms with Crippen molar-refractivity contribution in [2.24, 2.45) is 0 Å². The number of rotatable bonds is 7. The molecule has 2 aliphatic heterocycles. The van der Waals surface area contributed by atoms with E-state index >= 15 is 0 Å². The summed E-state index contributed by atoms with van der Waals surface area (Å²) in [6.45, 7) is 15.5. The summed E-state index contributed by atoms with van der Waals surface area (Å²) < 4.78 is 5.05. The molecule has 0 radical (unpaired) electrons. The van der Waals surface area contributed by atoms with Gasteiger partial charge in [-0.05, 0) is 57.4 Å². The fraction of sp³-hybridized carbons (Fsp3) is 0.432. The van der Waals surface area contributed by atoms with Gasteiger partial charge in [0.15, 0.2) is 17.1 Å². The van der Waals surface area contributed by atoms with E-state index < -0.39 is 17.0 Å². The lowest BCUT2D eigenvalue weighted by atomic mass is 9.83. The van der Waals surface area contributed by atoms with E-state index in [0.717, 1.165) is 6.42 Å². The van der Waals surface area contributed by atoms with E-state index in [1.54, 1.807) is 53.4 Å². The summed E-state index contributed by atoms with van der Waals surface area (Å²) in [5.74, 6) is -1.29. The highest BCUT2D eigenvalue weighted by Crippen LogP contribution is 2.30. The number of Topliss-reactive ketones (excluding diaryl/α,β-unsaturated/α-hetero) is 2. The van der Waals surface area contributed by atoms with Gasteiger partial charge in [0, 0.05) is 37.1 Å². The molecule has 0 bridgehead atoms. The zero-order chi connectivity index (χ0) is 32.0. The van der Waals surface area contributed by atoms with Gasteiger partial charge in [-0.25, -0.2) is 4.79 Å². The monoisotopic (exact) mass is 620 g/mol. The fourth-order valence-corrected chi connectivity index (χ4v) is 5.19. The molecule has 8 heteroatoms. The van der Waals surface area contributed by atoms with E-state index in [2.05, 4.69) is 13.2 Å². The number of likely N-dealkylation sites (tertiary alicyclic amines) is 2. The molecule has 4 rings (SSSR count). The maximum absolute atomic E-state index is 12.7. The van der Waals surface area contributed by atoms with E-state index in [4.69, 9.17) is 4.74 Å². The highest BCUT2D eigenvalue weighted by molar-refractivity contribution is 6.13. The molecule has 0 aliphatic carbocycles. The van der Waals surface area contributed by atoms with Crippen LogP contribution in [0, 0.1) is 0 Å². The molecule has 2 saturated heterocycles. The molecule has 0 spiro atoms. The lowest BCUT2D eigenvalue weighted by Crippen LogP contribution is -2.63. The summed E-state index contributed by atoms with van der Waals surface area (Å²) in [5.41, 5.74) is -1.24. The number of ether oxygens (including phenoxy) is 1. The molecular weight excluding hydrogens is 568 g/mol. The fourth-order valence-electron chi connectivity index (χ4n) is 5.19. The van der Waals surface area contributed by atoms with Crippen molar-refractivity contribution >= 4 is 29.4 Å². The second kappa shape index (κ2) is 19.1. The minimum absolute atomic E-state index is 0. The van der Waals surface area contributed by atoms with Crippen molar-refractivity contribution in [1.82, 2.24) is 9.80 Å². The maximum atomic E-state index is 12.7. The Morgan fingerprint density at radius 3 is 1.67 bits per heavy atom. The number of ketones is 2. The molecule has 2 aromatic rings. The van der Waals surface area contributed by atoms with E-state index in [0.29, 0.717) is 43.5 Å². The van der Waals surface area contributed by atoms with Crippen molar-refractivity contribution in [3.63, 3.8) is 0 Å². The lowest BCUT2D eigenvalue weighted by Gasteiger charge is -2.43. The minimum atomic E-state index is -1.58. The highest BCUT2D eigenvalue weighted by atomic mass is 16.5. The third-order valence-corrected chi connectivity index (χ3v) is 7.65. The van der Waals surface area contributed by atoms with Crippen LogP contribution in [0.2, 0.25) is 0 Å². The molecule has 2 atom stereocenters. The Balaban J connectivity index is 0.000000789. The first-order valence-electron chi connectivity index (χ1n) is 14.8. The Hall–Kier alpha value is -4.33. The molecule has 2 heterocycles. The summed E-state index contributed by atoms with van der Waals surface area (Å²) in [7, 11) is 0. The average Bonchev–Trinajstić information content (AvgIpc) is 3.04. The highest BCUT2D eigenvalue weighted by Gasteiger charge is 2.51. The van der Waals surface area contributed by atoms with Crippen molar-refractivity contribution in [3.05, 3.63) is 97.1 Å². The van der Waals surface area contributed by atoms with Gasteiger partial charge in [0.05, 0.1) is 0 Å². The topological polar surface area (TPSA) is 101 Å². The number of hydrogen-bond acceptors (Lipinski definition) is 6. The average molecular weight is 621 g/mol. The van der Waals surface area contributed by atoms with E-state index in [1.807, 2.05) is 39.0 Å². The second-order valence-corrected chi connectivity index (χ2v) is 10.4. The predicted molar refractivity (Wildman–Crippen MR) is 181 cm³/mol. The number of amides is 2. The summed E-state index contributed by atoms with van der Waals surface area (Å²) >= 11 is 0. The Kier molecular flexibility index (Phi) is 17.3. The quantitative estimate of drug-likeness (QED) is 0.186. The zero-order valence-corrected chi connectivity index (χ0v) is 25.8. The number of piperidine rings is 2. The summed E-state index contributed by atoms with van der Waals surface area (Å²) in [4.78, 5) is 65.2. The zero-order valence-electron chi connectivity index (χ0n) is 25.8. The normalized spacial score (nSPS) is 20.4. The summed E-state index contributed by atoms with van der Waals surface area (Å²) in [6.07, 6.45) is 5.74. The van der Waals surface area contributed by atoms with Gasteiger partial charge < -0.3 is 14.5 Å². The Morgan fingerprint density at radius 2 is 1.20 bits per heavy atom. The van der Waals surface area contributed by atoms with Crippen molar-refractivity contribution < 1.29 is 28.7 Å². The molecule has 1 unspecified atom stereocenters. The van der Waals surface area contributed by atoms with Gasteiger partial charge >= 0.3 is 5.97 Å². The number of esters is 1. The van der Waals surface area contributed by atoms with Crippen LogP contribution >= 0.6 is 0 Å². The SMILES string of the molecule is C.C.C=CCOC(=O)C1(C)C(=O)CCCN1C(=O)c1ccccc1.C=CC[C@@]1(C)C(=O)CCCN1C(=O)c1ccccc1.CC. The van der Waals surface area contributed by atoms with Crippen LogP contribution < -0.4 is 0 Å². The third kappa shape index (κ3) is 9.33. The molecule has 8 nitrogen and oxygen atoms in total. The van der Waals surface area contributed by atoms with Crippen LogP contribution in [0.15, 0.2) is 86.0 Å². The molecule has 246 valence electrons. The van der Waals surface area contributed by atoms with E-state index in [9.17, 15) is 24.0 Å². The molecule has 0 saturated carbocycles. The number of carbonyl (C=O) groups is 5. The van der Waals surface area contributed by atoms with Crippen LogP contribution in [0.25, 0.3) is 0 Å². The Labute approximate surface area is 270 Å². The predicted octanol–water partition coefficient (Wildman–Crippen LogP) is 7.10. The van der Waals surface area contributed by atoms with Gasteiger partial charge in [0.1, 0.15) is 12.1 Å². The first-order chi connectivity index (χ1) is 20.6. The number of hydrogen-bond donors (Lipinski definition) is 0. The molecular formula is C37H52N2O6. The number of benzene rings is 2.